The topological polar surface area (TPSA) is 48.0 Å². The number of pyridine rings is 1. The summed E-state index contributed by atoms with van der Waals surface area (Å²) in [6, 6.07) is 1.80. The number of benzene rings is 1. The lowest BCUT2D eigenvalue weighted by Crippen LogP contribution is -2.31. The summed E-state index contributed by atoms with van der Waals surface area (Å²) < 4.78 is 78.5. The molecule has 2 rings (SSSR count). The standard InChI is InChI=1S/C14H10F6N2O/c1-6-8(9-2-7(15)3-10(16)12(9)17)4-11(21)13(23)22(6)5-14(18,19)20/h2-4H,5,21H2,1H3. The fourth-order valence-electron chi connectivity index (χ4n) is 2.17. The third-order valence-electron chi connectivity index (χ3n) is 3.21. The highest BCUT2D eigenvalue weighted by Crippen LogP contribution is 2.30. The third kappa shape index (κ3) is 3.33. The van der Waals surface area contributed by atoms with E-state index in [1.54, 1.807) is 0 Å². The molecule has 0 saturated carbocycles. The Morgan fingerprint density at radius 3 is 2.26 bits per heavy atom. The number of hydrogen-bond acceptors (Lipinski definition) is 2. The Hall–Kier alpha value is -2.45. The predicted octanol–water partition coefficient (Wildman–Crippen LogP) is 3.39. The van der Waals surface area contributed by atoms with Crippen LogP contribution in [0, 0.1) is 24.4 Å². The quantitative estimate of drug-likeness (QED) is 0.675. The molecule has 2 aromatic rings. The van der Waals surface area contributed by atoms with Crippen LogP contribution in [0.15, 0.2) is 23.0 Å². The van der Waals surface area contributed by atoms with Crippen LogP contribution < -0.4 is 11.3 Å². The zero-order chi connectivity index (χ0) is 17.5. The van der Waals surface area contributed by atoms with E-state index in [-0.39, 0.29) is 15.8 Å². The third-order valence-corrected chi connectivity index (χ3v) is 3.21. The van der Waals surface area contributed by atoms with Gasteiger partial charge >= 0.3 is 6.18 Å². The number of nitrogens with two attached hydrogens (primary N) is 1. The van der Waals surface area contributed by atoms with Gasteiger partial charge in [-0.1, -0.05) is 0 Å². The van der Waals surface area contributed by atoms with Gasteiger partial charge in [-0.15, -0.1) is 0 Å². The molecule has 0 aliphatic heterocycles. The van der Waals surface area contributed by atoms with Gasteiger partial charge in [0.2, 0.25) is 0 Å². The second-order valence-corrected chi connectivity index (χ2v) is 4.85. The Labute approximate surface area is 126 Å². The maximum Gasteiger partial charge on any atom is 0.406 e. The molecular weight excluding hydrogens is 326 g/mol. The summed E-state index contributed by atoms with van der Waals surface area (Å²) >= 11 is 0. The molecule has 1 heterocycles. The monoisotopic (exact) mass is 336 g/mol. The van der Waals surface area contributed by atoms with Crippen molar-refractivity contribution in [3.63, 3.8) is 0 Å². The van der Waals surface area contributed by atoms with Crippen molar-refractivity contribution in [1.29, 1.82) is 0 Å². The van der Waals surface area contributed by atoms with Crippen molar-refractivity contribution in [1.82, 2.24) is 4.57 Å². The number of hydrogen-bond donors (Lipinski definition) is 1. The maximum atomic E-state index is 13.9. The molecule has 0 fully saturated rings. The molecule has 0 amide bonds. The summed E-state index contributed by atoms with van der Waals surface area (Å²) in [6.07, 6.45) is -4.73. The van der Waals surface area contributed by atoms with E-state index >= 15 is 0 Å². The Bertz CT molecular complexity index is 825. The number of nitrogens with zero attached hydrogens (tertiary/aromatic N) is 1. The highest BCUT2D eigenvalue weighted by molar-refractivity contribution is 5.70. The van der Waals surface area contributed by atoms with Crippen molar-refractivity contribution in [2.45, 2.75) is 19.6 Å². The van der Waals surface area contributed by atoms with Gasteiger partial charge in [-0.2, -0.15) is 13.2 Å². The average molecular weight is 336 g/mol. The number of aromatic nitrogens is 1. The van der Waals surface area contributed by atoms with Gasteiger partial charge in [-0.25, -0.2) is 13.2 Å². The fourth-order valence-corrected chi connectivity index (χ4v) is 2.17. The minimum atomic E-state index is -4.73. The molecule has 1 aromatic heterocycles. The first-order valence-corrected chi connectivity index (χ1v) is 6.23. The molecule has 1 aromatic carbocycles. The smallest absolute Gasteiger partial charge is 0.394 e. The summed E-state index contributed by atoms with van der Waals surface area (Å²) in [5.41, 5.74) is 2.40. The molecule has 0 atom stereocenters. The van der Waals surface area contributed by atoms with Crippen LogP contribution in [-0.4, -0.2) is 10.7 Å². The van der Waals surface area contributed by atoms with Gasteiger partial charge in [0.15, 0.2) is 11.6 Å². The summed E-state index contributed by atoms with van der Waals surface area (Å²) in [5, 5.41) is 0. The Morgan fingerprint density at radius 1 is 1.09 bits per heavy atom. The molecule has 0 spiro atoms. The summed E-state index contributed by atoms with van der Waals surface area (Å²) in [4.78, 5) is 11.8. The largest absolute Gasteiger partial charge is 0.406 e. The fraction of sp³-hybridized carbons (Fsp3) is 0.214. The molecule has 124 valence electrons. The van der Waals surface area contributed by atoms with Crippen LogP contribution in [0.5, 0.6) is 0 Å². The van der Waals surface area contributed by atoms with E-state index in [1.807, 2.05) is 0 Å². The van der Waals surface area contributed by atoms with E-state index < -0.39 is 47.0 Å². The van der Waals surface area contributed by atoms with E-state index in [4.69, 9.17) is 5.73 Å². The number of halogens is 6. The molecule has 0 bridgehead atoms. The van der Waals surface area contributed by atoms with Crippen molar-refractivity contribution in [3.05, 3.63) is 51.7 Å². The first-order chi connectivity index (χ1) is 10.5. The van der Waals surface area contributed by atoms with E-state index in [1.165, 1.54) is 0 Å². The van der Waals surface area contributed by atoms with E-state index in [2.05, 4.69) is 0 Å². The van der Waals surface area contributed by atoms with E-state index in [0.29, 0.717) is 12.1 Å². The zero-order valence-electron chi connectivity index (χ0n) is 11.6. The molecular formula is C14H10F6N2O. The van der Waals surface area contributed by atoms with Crippen LogP contribution >= 0.6 is 0 Å². The Balaban J connectivity index is 2.78. The van der Waals surface area contributed by atoms with Gasteiger partial charge in [0.1, 0.15) is 12.4 Å². The molecule has 3 nitrogen and oxygen atoms in total. The van der Waals surface area contributed by atoms with Gasteiger partial charge in [0.05, 0.1) is 5.69 Å². The molecule has 2 N–H and O–H groups in total. The summed E-state index contributed by atoms with van der Waals surface area (Å²) in [6.45, 7) is -0.556. The van der Waals surface area contributed by atoms with E-state index in [0.717, 1.165) is 13.0 Å². The van der Waals surface area contributed by atoms with Gasteiger partial charge in [-0.05, 0) is 19.1 Å². The molecule has 0 radical (unpaired) electrons. The van der Waals surface area contributed by atoms with Crippen molar-refractivity contribution in [2.75, 3.05) is 5.73 Å². The van der Waals surface area contributed by atoms with Crippen molar-refractivity contribution in [3.8, 4) is 11.1 Å². The van der Waals surface area contributed by atoms with Crippen molar-refractivity contribution in [2.24, 2.45) is 0 Å². The predicted molar refractivity (Wildman–Crippen MR) is 71.2 cm³/mol. The Kier molecular flexibility index (Phi) is 4.14. The van der Waals surface area contributed by atoms with Crippen molar-refractivity contribution < 1.29 is 26.3 Å². The van der Waals surface area contributed by atoms with Crippen LogP contribution in [0.3, 0.4) is 0 Å². The number of alkyl halides is 3. The van der Waals surface area contributed by atoms with Crippen LogP contribution in [0.2, 0.25) is 0 Å². The zero-order valence-corrected chi connectivity index (χ0v) is 11.6. The van der Waals surface area contributed by atoms with Gasteiger partial charge in [0.25, 0.3) is 5.56 Å². The second kappa shape index (κ2) is 5.64. The number of nitrogen functional groups attached to an aromatic ring is 1. The van der Waals surface area contributed by atoms with Gasteiger partial charge < -0.3 is 10.3 Å². The summed E-state index contributed by atoms with van der Waals surface area (Å²) in [5.74, 6) is -4.08. The highest BCUT2D eigenvalue weighted by Gasteiger charge is 2.30. The van der Waals surface area contributed by atoms with Gasteiger partial charge in [0, 0.05) is 22.9 Å². The lowest BCUT2D eigenvalue weighted by molar-refractivity contribution is -0.141. The molecule has 0 aliphatic carbocycles. The number of anilines is 1. The molecule has 0 unspecified atom stereocenters. The first-order valence-electron chi connectivity index (χ1n) is 6.23. The second-order valence-electron chi connectivity index (χ2n) is 4.85. The summed E-state index contributed by atoms with van der Waals surface area (Å²) in [7, 11) is 0. The molecule has 23 heavy (non-hydrogen) atoms. The average Bonchev–Trinajstić information content (AvgIpc) is 2.42. The van der Waals surface area contributed by atoms with Gasteiger partial charge in [-0.3, -0.25) is 4.79 Å². The number of rotatable bonds is 2. The first kappa shape index (κ1) is 16.9. The normalized spacial score (nSPS) is 11.8. The molecule has 9 heteroatoms. The van der Waals surface area contributed by atoms with Crippen molar-refractivity contribution >= 4 is 5.69 Å². The van der Waals surface area contributed by atoms with Crippen LogP contribution in [0.4, 0.5) is 32.0 Å². The lowest BCUT2D eigenvalue weighted by atomic mass is 10.0. The minimum absolute atomic E-state index is 0.285. The van der Waals surface area contributed by atoms with Crippen LogP contribution in [0.1, 0.15) is 5.69 Å². The minimum Gasteiger partial charge on any atom is -0.394 e. The molecule has 0 saturated heterocycles. The SMILES string of the molecule is Cc1c(-c2cc(F)cc(F)c2F)cc(N)c(=O)n1CC(F)(F)F. The van der Waals surface area contributed by atoms with Crippen LogP contribution in [0.25, 0.3) is 11.1 Å². The van der Waals surface area contributed by atoms with E-state index in [9.17, 15) is 31.1 Å². The highest BCUT2D eigenvalue weighted by atomic mass is 19.4. The van der Waals surface area contributed by atoms with Crippen LogP contribution in [-0.2, 0) is 6.54 Å². The maximum absolute atomic E-state index is 13.9. The molecule has 0 aliphatic rings. The Morgan fingerprint density at radius 2 is 1.70 bits per heavy atom. The lowest BCUT2D eigenvalue weighted by Gasteiger charge is -2.17.